The van der Waals surface area contributed by atoms with Crippen molar-refractivity contribution in [3.63, 3.8) is 0 Å². The Balaban J connectivity index is 1.83. The van der Waals surface area contributed by atoms with Crippen LogP contribution >= 0.6 is 0 Å². The maximum absolute atomic E-state index is 13.5. The van der Waals surface area contributed by atoms with Crippen LogP contribution in [0.1, 0.15) is 48.7 Å². The predicted octanol–water partition coefficient (Wildman–Crippen LogP) is 2.60. The summed E-state index contributed by atoms with van der Waals surface area (Å²) >= 11 is 0. The van der Waals surface area contributed by atoms with Gasteiger partial charge < -0.3 is 19.8 Å². The number of alkyl halides is 3. The van der Waals surface area contributed by atoms with Crippen molar-refractivity contribution in [1.82, 2.24) is 20.4 Å². The average molecular weight is 452 g/mol. The van der Waals surface area contributed by atoms with Crippen molar-refractivity contribution in [2.45, 2.75) is 44.4 Å². The second-order valence-corrected chi connectivity index (χ2v) is 7.38. The summed E-state index contributed by atoms with van der Waals surface area (Å²) in [5, 5.41) is 9.00. The third-order valence-corrected chi connectivity index (χ3v) is 5.08. The first-order valence-corrected chi connectivity index (χ1v) is 9.89. The predicted molar refractivity (Wildman–Crippen MR) is 102 cm³/mol. The number of hydrogen-bond acceptors (Lipinski definition) is 6. The fraction of sp³-hybridized carbons (Fsp3) is 0.400. The number of carbonyl (C=O) groups excluding carboxylic acids is 2. The van der Waals surface area contributed by atoms with Crippen molar-refractivity contribution in [2.75, 3.05) is 6.61 Å². The number of carbonyl (C=O) groups is 2. The van der Waals surface area contributed by atoms with Gasteiger partial charge in [0.1, 0.15) is 17.4 Å². The molecule has 0 saturated heterocycles. The minimum atomic E-state index is -4.88. The van der Waals surface area contributed by atoms with E-state index in [1.165, 1.54) is 12.3 Å². The number of hydrogen-bond donors (Lipinski definition) is 2. The average Bonchev–Trinajstić information content (AvgIpc) is 3.42. The zero-order valence-electron chi connectivity index (χ0n) is 16.9. The SMILES string of the molecule is CCOC(=O)C1=C(Cn2nc(C3CC3)cc(C(F)(F)F)c2=O)NC(=O)NC1c1ccco1. The number of halogens is 3. The number of allylic oxidation sites excluding steroid dienone is 1. The molecule has 170 valence electrons. The molecule has 0 radical (unpaired) electrons. The van der Waals surface area contributed by atoms with Gasteiger partial charge in [-0.1, -0.05) is 0 Å². The molecule has 1 fully saturated rings. The molecular weight excluding hydrogens is 433 g/mol. The van der Waals surface area contributed by atoms with Crippen LogP contribution in [0.25, 0.3) is 0 Å². The van der Waals surface area contributed by atoms with E-state index in [2.05, 4.69) is 15.7 Å². The molecule has 12 heteroatoms. The van der Waals surface area contributed by atoms with Crippen molar-refractivity contribution >= 4 is 12.0 Å². The van der Waals surface area contributed by atoms with Crippen LogP contribution in [0.4, 0.5) is 18.0 Å². The number of nitrogens with zero attached hydrogens (tertiary/aromatic N) is 2. The molecule has 3 heterocycles. The van der Waals surface area contributed by atoms with Crippen molar-refractivity contribution in [1.29, 1.82) is 0 Å². The first kappa shape index (κ1) is 21.7. The normalized spacial score (nSPS) is 18.9. The Morgan fingerprint density at radius 3 is 2.69 bits per heavy atom. The fourth-order valence-electron chi connectivity index (χ4n) is 3.46. The molecule has 2 aromatic heterocycles. The third kappa shape index (κ3) is 4.25. The Morgan fingerprint density at radius 1 is 1.34 bits per heavy atom. The highest BCUT2D eigenvalue weighted by Gasteiger charge is 2.39. The van der Waals surface area contributed by atoms with Gasteiger partial charge >= 0.3 is 18.2 Å². The second-order valence-electron chi connectivity index (χ2n) is 7.38. The van der Waals surface area contributed by atoms with E-state index in [1.54, 1.807) is 13.0 Å². The largest absolute Gasteiger partial charge is 0.467 e. The van der Waals surface area contributed by atoms with E-state index in [-0.39, 0.29) is 35.2 Å². The van der Waals surface area contributed by atoms with Crippen LogP contribution in [0.3, 0.4) is 0 Å². The van der Waals surface area contributed by atoms with Gasteiger partial charge in [-0.25, -0.2) is 14.3 Å². The van der Waals surface area contributed by atoms with Crippen molar-refractivity contribution in [2.24, 2.45) is 0 Å². The lowest BCUT2D eigenvalue weighted by atomic mass is 10.00. The Morgan fingerprint density at radius 2 is 2.09 bits per heavy atom. The smallest absolute Gasteiger partial charge is 0.421 e. The molecule has 1 aliphatic heterocycles. The first-order chi connectivity index (χ1) is 15.2. The zero-order chi connectivity index (χ0) is 23.0. The summed E-state index contributed by atoms with van der Waals surface area (Å²) in [6, 6.07) is 2.05. The number of esters is 1. The summed E-state index contributed by atoms with van der Waals surface area (Å²) in [5.41, 5.74) is -2.79. The van der Waals surface area contributed by atoms with Crippen LogP contribution in [0.5, 0.6) is 0 Å². The molecule has 4 rings (SSSR count). The zero-order valence-corrected chi connectivity index (χ0v) is 16.9. The van der Waals surface area contributed by atoms with Crippen LogP contribution < -0.4 is 16.2 Å². The van der Waals surface area contributed by atoms with Crippen LogP contribution in [-0.2, 0) is 22.3 Å². The molecule has 1 aliphatic carbocycles. The Labute approximate surface area is 179 Å². The fourth-order valence-corrected chi connectivity index (χ4v) is 3.46. The standard InChI is InChI=1S/C20H19F3N4O5/c1-2-31-18(29)15-13(24-19(30)25-16(15)14-4-3-7-32-14)9-27-17(28)11(20(21,22)23)8-12(26-27)10-5-6-10/h3-4,7-8,10,16H,2,5-6,9H2,1H3,(H2,24,25,30). The van der Waals surface area contributed by atoms with Crippen molar-refractivity contribution in [3.8, 4) is 0 Å². The van der Waals surface area contributed by atoms with Gasteiger partial charge in [0.15, 0.2) is 0 Å². The summed E-state index contributed by atoms with van der Waals surface area (Å²) in [4.78, 5) is 37.5. The molecule has 1 atom stereocenters. The van der Waals surface area contributed by atoms with Gasteiger partial charge in [-0.3, -0.25) is 4.79 Å². The topological polar surface area (TPSA) is 115 Å². The lowest BCUT2D eigenvalue weighted by molar-refractivity contribution is -0.140. The lowest BCUT2D eigenvalue weighted by Crippen LogP contribution is -2.47. The van der Waals surface area contributed by atoms with E-state index in [0.29, 0.717) is 17.5 Å². The van der Waals surface area contributed by atoms with E-state index in [4.69, 9.17) is 9.15 Å². The highest BCUT2D eigenvalue weighted by molar-refractivity contribution is 5.94. The molecule has 0 aromatic carbocycles. The first-order valence-electron chi connectivity index (χ1n) is 9.89. The van der Waals surface area contributed by atoms with E-state index in [9.17, 15) is 27.6 Å². The van der Waals surface area contributed by atoms with Crippen LogP contribution in [0, 0.1) is 0 Å². The number of amides is 2. The molecule has 0 bridgehead atoms. The minimum absolute atomic E-state index is 0.0159. The number of aromatic nitrogens is 2. The molecule has 2 aliphatic rings. The summed E-state index contributed by atoms with van der Waals surface area (Å²) < 4.78 is 51.4. The number of rotatable bonds is 6. The quantitative estimate of drug-likeness (QED) is 0.651. The van der Waals surface area contributed by atoms with Crippen molar-refractivity contribution < 1.29 is 31.9 Å². The van der Waals surface area contributed by atoms with E-state index in [0.717, 1.165) is 6.07 Å². The van der Waals surface area contributed by atoms with Gasteiger partial charge in [-0.2, -0.15) is 18.3 Å². The van der Waals surface area contributed by atoms with Gasteiger partial charge in [0, 0.05) is 5.92 Å². The van der Waals surface area contributed by atoms with Gasteiger partial charge in [-0.15, -0.1) is 0 Å². The highest BCUT2D eigenvalue weighted by atomic mass is 19.4. The van der Waals surface area contributed by atoms with E-state index in [1.807, 2.05) is 0 Å². The maximum Gasteiger partial charge on any atom is 0.421 e. The Hall–Kier alpha value is -3.57. The maximum atomic E-state index is 13.5. The second kappa shape index (κ2) is 8.17. The van der Waals surface area contributed by atoms with Crippen LogP contribution in [0.2, 0.25) is 0 Å². The number of furan rings is 1. The van der Waals surface area contributed by atoms with E-state index >= 15 is 0 Å². The number of ether oxygens (including phenoxy) is 1. The number of nitrogens with one attached hydrogen (secondary N) is 2. The third-order valence-electron chi connectivity index (χ3n) is 5.08. The van der Waals surface area contributed by atoms with Crippen molar-refractivity contribution in [3.05, 3.63) is 63.1 Å². The molecule has 1 saturated carbocycles. The summed E-state index contributed by atoms with van der Waals surface area (Å²) in [6.45, 7) is 1.03. The molecule has 1 unspecified atom stereocenters. The molecule has 9 nitrogen and oxygen atoms in total. The Kier molecular flexibility index (Phi) is 5.53. The monoisotopic (exact) mass is 452 g/mol. The van der Waals surface area contributed by atoms with Crippen LogP contribution in [-0.4, -0.2) is 28.4 Å². The highest BCUT2D eigenvalue weighted by Crippen LogP contribution is 2.40. The molecule has 2 N–H and O–H groups in total. The molecule has 2 aromatic rings. The van der Waals surface area contributed by atoms with Crippen LogP contribution in [0.15, 0.2) is 44.9 Å². The van der Waals surface area contributed by atoms with Gasteiger partial charge in [-0.05, 0) is 38.0 Å². The number of urea groups is 1. The lowest BCUT2D eigenvalue weighted by Gasteiger charge is -2.28. The molecule has 0 spiro atoms. The summed E-state index contributed by atoms with van der Waals surface area (Å²) in [7, 11) is 0. The van der Waals surface area contributed by atoms with Gasteiger partial charge in [0.2, 0.25) is 0 Å². The van der Waals surface area contributed by atoms with Gasteiger partial charge in [0.05, 0.1) is 36.4 Å². The molecular formula is C20H19F3N4O5. The molecule has 32 heavy (non-hydrogen) atoms. The summed E-state index contributed by atoms with van der Waals surface area (Å²) in [5.74, 6) is -0.776. The summed E-state index contributed by atoms with van der Waals surface area (Å²) in [6.07, 6.45) is -2.20. The Bertz CT molecular complexity index is 1130. The minimum Gasteiger partial charge on any atom is -0.467 e. The van der Waals surface area contributed by atoms with E-state index < -0.39 is 41.9 Å². The van der Waals surface area contributed by atoms with Gasteiger partial charge in [0.25, 0.3) is 5.56 Å². The molecule has 2 amide bonds.